The van der Waals surface area contributed by atoms with Gasteiger partial charge in [-0.1, -0.05) is 13.8 Å². The predicted octanol–water partition coefficient (Wildman–Crippen LogP) is 1.92. The van der Waals surface area contributed by atoms with Crippen molar-refractivity contribution in [1.29, 1.82) is 0 Å². The maximum absolute atomic E-state index is 10.0. The van der Waals surface area contributed by atoms with E-state index in [1.54, 1.807) is 6.08 Å². The zero-order chi connectivity index (χ0) is 9.68. The van der Waals surface area contributed by atoms with Crippen molar-refractivity contribution in [2.45, 2.75) is 45.3 Å². The van der Waals surface area contributed by atoms with Gasteiger partial charge in [0.1, 0.15) is 0 Å². The highest BCUT2D eigenvalue weighted by atomic mass is 16.5. The Morgan fingerprint density at radius 2 is 2.31 bits per heavy atom. The minimum Gasteiger partial charge on any atom is -0.378 e. The molecule has 0 N–H and O–H groups in total. The fourth-order valence-corrected chi connectivity index (χ4v) is 1.59. The molecule has 1 saturated carbocycles. The molecule has 3 nitrogen and oxygen atoms in total. The zero-order valence-corrected chi connectivity index (χ0v) is 8.32. The van der Waals surface area contributed by atoms with E-state index in [9.17, 15) is 4.79 Å². The first-order valence-corrected chi connectivity index (χ1v) is 4.91. The summed E-state index contributed by atoms with van der Waals surface area (Å²) in [7, 11) is 0. The molecule has 3 heteroatoms. The van der Waals surface area contributed by atoms with Crippen LogP contribution in [0.15, 0.2) is 4.99 Å². The molecule has 0 aromatic carbocycles. The van der Waals surface area contributed by atoms with E-state index >= 15 is 0 Å². The summed E-state index contributed by atoms with van der Waals surface area (Å²) >= 11 is 0. The predicted molar refractivity (Wildman–Crippen MR) is 50.3 cm³/mol. The van der Waals surface area contributed by atoms with Crippen LogP contribution in [-0.2, 0) is 9.53 Å². The number of hydrogen-bond acceptors (Lipinski definition) is 3. The lowest BCUT2D eigenvalue weighted by molar-refractivity contribution is 0.0399. The molecule has 1 rings (SSSR count). The Balaban J connectivity index is 2.21. The molecule has 0 bridgehead atoms. The summed E-state index contributed by atoms with van der Waals surface area (Å²) in [5.41, 5.74) is 0. The van der Waals surface area contributed by atoms with E-state index < -0.39 is 0 Å². The molecule has 1 aliphatic rings. The first kappa shape index (κ1) is 10.4. The third-order valence-electron chi connectivity index (χ3n) is 2.26. The second-order valence-corrected chi connectivity index (χ2v) is 4.04. The Kier molecular flexibility index (Phi) is 4.13. The van der Waals surface area contributed by atoms with Crippen LogP contribution in [0.1, 0.15) is 33.1 Å². The van der Waals surface area contributed by atoms with Crippen LogP contribution >= 0.6 is 0 Å². The third-order valence-corrected chi connectivity index (χ3v) is 2.26. The Morgan fingerprint density at radius 1 is 1.54 bits per heavy atom. The molecule has 1 fully saturated rings. The van der Waals surface area contributed by atoms with Gasteiger partial charge >= 0.3 is 0 Å². The summed E-state index contributed by atoms with van der Waals surface area (Å²) in [6, 6.07) is 0.162. The minimum absolute atomic E-state index is 0.162. The zero-order valence-electron chi connectivity index (χ0n) is 8.32. The van der Waals surface area contributed by atoms with Crippen LogP contribution < -0.4 is 0 Å². The molecular formula is C10H17NO2. The van der Waals surface area contributed by atoms with E-state index in [2.05, 4.69) is 18.8 Å². The van der Waals surface area contributed by atoms with Gasteiger partial charge in [-0.05, 0) is 25.2 Å². The summed E-state index contributed by atoms with van der Waals surface area (Å²) in [5, 5.41) is 0. The van der Waals surface area contributed by atoms with Gasteiger partial charge in [-0.15, -0.1) is 0 Å². The molecule has 0 aromatic heterocycles. The van der Waals surface area contributed by atoms with Crippen molar-refractivity contribution >= 4 is 6.08 Å². The Hall–Kier alpha value is -0.660. The number of carbonyl (C=O) groups excluding carboxylic acids is 1. The van der Waals surface area contributed by atoms with Gasteiger partial charge in [-0.25, -0.2) is 9.79 Å². The van der Waals surface area contributed by atoms with E-state index in [0.717, 1.165) is 25.9 Å². The van der Waals surface area contributed by atoms with Gasteiger partial charge in [0, 0.05) is 6.61 Å². The maximum Gasteiger partial charge on any atom is 0.235 e. The van der Waals surface area contributed by atoms with Crippen LogP contribution in [0.25, 0.3) is 0 Å². The minimum atomic E-state index is 0.162. The van der Waals surface area contributed by atoms with Crippen molar-refractivity contribution in [2.75, 3.05) is 6.61 Å². The Morgan fingerprint density at radius 3 is 2.92 bits per heavy atom. The topological polar surface area (TPSA) is 38.7 Å². The highest BCUT2D eigenvalue weighted by Gasteiger charge is 2.24. The second kappa shape index (κ2) is 5.15. The molecule has 0 spiro atoms. The molecule has 0 saturated heterocycles. The van der Waals surface area contributed by atoms with E-state index in [1.807, 2.05) is 0 Å². The smallest absolute Gasteiger partial charge is 0.235 e. The number of rotatable bonds is 4. The first-order chi connectivity index (χ1) is 6.22. The quantitative estimate of drug-likeness (QED) is 0.493. The number of aliphatic imine (C=N–C) groups is 1. The van der Waals surface area contributed by atoms with Crippen molar-refractivity contribution in [1.82, 2.24) is 0 Å². The number of nitrogens with zero attached hydrogens (tertiary/aromatic N) is 1. The van der Waals surface area contributed by atoms with Crippen LogP contribution in [0.3, 0.4) is 0 Å². The normalized spacial score (nSPS) is 27.6. The average molecular weight is 183 g/mol. The van der Waals surface area contributed by atoms with Gasteiger partial charge < -0.3 is 4.74 Å². The van der Waals surface area contributed by atoms with Crippen LogP contribution in [0.2, 0.25) is 0 Å². The highest BCUT2D eigenvalue weighted by molar-refractivity contribution is 5.33. The lowest BCUT2D eigenvalue weighted by atomic mass is 10.2. The average Bonchev–Trinajstić information content (AvgIpc) is 2.50. The summed E-state index contributed by atoms with van der Waals surface area (Å²) < 4.78 is 5.65. The van der Waals surface area contributed by atoms with Crippen molar-refractivity contribution < 1.29 is 9.53 Å². The summed E-state index contributed by atoms with van der Waals surface area (Å²) in [4.78, 5) is 13.7. The van der Waals surface area contributed by atoms with Crippen molar-refractivity contribution in [3.63, 3.8) is 0 Å². The van der Waals surface area contributed by atoms with Gasteiger partial charge in [0.2, 0.25) is 6.08 Å². The van der Waals surface area contributed by atoms with Gasteiger partial charge in [-0.3, -0.25) is 0 Å². The van der Waals surface area contributed by atoms with E-state index in [1.165, 1.54) is 0 Å². The Bertz CT molecular complexity index is 197. The number of ether oxygens (including phenoxy) is 1. The van der Waals surface area contributed by atoms with Gasteiger partial charge in [0.15, 0.2) is 0 Å². The fourth-order valence-electron chi connectivity index (χ4n) is 1.59. The van der Waals surface area contributed by atoms with E-state index in [-0.39, 0.29) is 6.04 Å². The third kappa shape index (κ3) is 3.71. The molecule has 2 unspecified atom stereocenters. The monoisotopic (exact) mass is 183 g/mol. The molecule has 74 valence electrons. The molecule has 0 aromatic rings. The second-order valence-electron chi connectivity index (χ2n) is 4.04. The summed E-state index contributed by atoms with van der Waals surface area (Å²) in [6.07, 6.45) is 4.82. The van der Waals surface area contributed by atoms with Crippen molar-refractivity contribution in [3.05, 3.63) is 0 Å². The van der Waals surface area contributed by atoms with Gasteiger partial charge in [-0.2, -0.15) is 0 Å². The SMILES string of the molecule is CC(C)COC1CCC(N=C=O)C1. The highest BCUT2D eigenvalue weighted by Crippen LogP contribution is 2.24. The van der Waals surface area contributed by atoms with Crippen molar-refractivity contribution in [2.24, 2.45) is 10.9 Å². The fraction of sp³-hybridized carbons (Fsp3) is 0.900. The molecule has 1 aliphatic carbocycles. The Labute approximate surface area is 79.2 Å². The standard InChI is InChI=1S/C10H17NO2/c1-8(2)6-13-10-4-3-9(5-10)11-7-12/h8-10H,3-6H2,1-2H3. The van der Waals surface area contributed by atoms with E-state index in [4.69, 9.17) is 4.74 Å². The molecule has 0 radical (unpaired) electrons. The number of isocyanates is 1. The lowest BCUT2D eigenvalue weighted by Gasteiger charge is -2.12. The van der Waals surface area contributed by atoms with Crippen LogP contribution in [0, 0.1) is 5.92 Å². The molecule has 13 heavy (non-hydrogen) atoms. The lowest BCUT2D eigenvalue weighted by Crippen LogP contribution is -2.13. The van der Waals surface area contributed by atoms with Crippen LogP contribution in [0.5, 0.6) is 0 Å². The summed E-state index contributed by atoms with van der Waals surface area (Å²) in [6.45, 7) is 5.08. The molecule has 0 heterocycles. The maximum atomic E-state index is 10.0. The van der Waals surface area contributed by atoms with Crippen molar-refractivity contribution in [3.8, 4) is 0 Å². The van der Waals surface area contributed by atoms with Crippen LogP contribution in [0.4, 0.5) is 0 Å². The molecule has 2 atom stereocenters. The van der Waals surface area contributed by atoms with Crippen LogP contribution in [-0.4, -0.2) is 24.8 Å². The van der Waals surface area contributed by atoms with Gasteiger partial charge in [0.05, 0.1) is 12.1 Å². The molecular weight excluding hydrogens is 166 g/mol. The molecule has 0 amide bonds. The largest absolute Gasteiger partial charge is 0.378 e. The first-order valence-electron chi connectivity index (χ1n) is 4.91. The number of hydrogen-bond donors (Lipinski definition) is 0. The van der Waals surface area contributed by atoms with Gasteiger partial charge in [0.25, 0.3) is 0 Å². The molecule has 0 aliphatic heterocycles. The van der Waals surface area contributed by atoms with E-state index in [0.29, 0.717) is 12.0 Å². The summed E-state index contributed by atoms with van der Waals surface area (Å²) in [5.74, 6) is 0.577.